The van der Waals surface area contributed by atoms with Gasteiger partial charge in [0.25, 0.3) is 5.91 Å². The van der Waals surface area contributed by atoms with Gasteiger partial charge in [-0.2, -0.15) is 0 Å². The smallest absolute Gasteiger partial charge is 0.251 e. The molecule has 5 nitrogen and oxygen atoms in total. The van der Waals surface area contributed by atoms with Crippen LogP contribution >= 0.6 is 0 Å². The maximum atomic E-state index is 11.9. The predicted octanol–water partition coefficient (Wildman–Crippen LogP) is 1.15. The Bertz CT molecular complexity index is 567. The molecule has 2 rings (SSSR count). The van der Waals surface area contributed by atoms with Crippen molar-refractivity contribution < 1.29 is 13.2 Å². The molecule has 0 aromatic heterocycles. The lowest BCUT2D eigenvalue weighted by molar-refractivity contribution is 0.0951. The van der Waals surface area contributed by atoms with E-state index in [4.69, 9.17) is 0 Å². The summed E-state index contributed by atoms with van der Waals surface area (Å²) in [5.74, 6) is 0.0539. The van der Waals surface area contributed by atoms with E-state index in [1.165, 1.54) is 4.31 Å². The maximum absolute atomic E-state index is 11.9. The Morgan fingerprint density at radius 1 is 1.25 bits per heavy atom. The summed E-state index contributed by atoms with van der Waals surface area (Å²) in [5.41, 5.74) is 1.69. The quantitative estimate of drug-likeness (QED) is 0.906. The largest absolute Gasteiger partial charge is 0.351 e. The summed E-state index contributed by atoms with van der Waals surface area (Å²) in [5, 5.41) is 2.76. The van der Waals surface area contributed by atoms with Crippen LogP contribution in [0, 0.1) is 6.92 Å². The lowest BCUT2D eigenvalue weighted by Crippen LogP contribution is -2.42. The van der Waals surface area contributed by atoms with Gasteiger partial charge in [-0.15, -0.1) is 0 Å². The van der Waals surface area contributed by atoms with Crippen LogP contribution in [0.3, 0.4) is 0 Å². The predicted molar refractivity (Wildman–Crippen MR) is 78.1 cm³/mol. The molecule has 1 aromatic carbocycles. The second-order valence-corrected chi connectivity index (χ2v) is 7.13. The average molecular weight is 296 g/mol. The van der Waals surface area contributed by atoms with Gasteiger partial charge in [0.05, 0.1) is 5.75 Å². The summed E-state index contributed by atoms with van der Waals surface area (Å²) < 4.78 is 25.0. The van der Waals surface area contributed by atoms with E-state index in [1.54, 1.807) is 12.1 Å². The molecule has 1 aromatic rings. The molecule has 1 heterocycles. The van der Waals surface area contributed by atoms with Crippen LogP contribution < -0.4 is 5.32 Å². The fourth-order valence-electron chi connectivity index (χ4n) is 2.19. The van der Waals surface area contributed by atoms with Gasteiger partial charge in [0.1, 0.15) is 0 Å². The Hall–Kier alpha value is -1.40. The van der Waals surface area contributed by atoms with E-state index >= 15 is 0 Å². The molecule has 110 valence electrons. The van der Waals surface area contributed by atoms with Crippen LogP contribution in [0.5, 0.6) is 0 Å². The van der Waals surface area contributed by atoms with E-state index in [9.17, 15) is 13.2 Å². The minimum atomic E-state index is -3.11. The van der Waals surface area contributed by atoms with Crippen molar-refractivity contribution in [3.63, 3.8) is 0 Å². The third kappa shape index (κ3) is 3.80. The third-order valence-electron chi connectivity index (χ3n) is 3.41. The van der Waals surface area contributed by atoms with Gasteiger partial charge in [0, 0.05) is 25.2 Å². The summed E-state index contributed by atoms with van der Waals surface area (Å²) >= 11 is 0. The zero-order valence-corrected chi connectivity index (χ0v) is 12.4. The van der Waals surface area contributed by atoms with E-state index in [1.807, 2.05) is 19.1 Å². The number of amides is 1. The van der Waals surface area contributed by atoms with Crippen molar-refractivity contribution in [2.24, 2.45) is 0 Å². The van der Waals surface area contributed by atoms with Gasteiger partial charge in [-0.25, -0.2) is 12.7 Å². The van der Waals surface area contributed by atoms with Crippen molar-refractivity contribution in [2.45, 2.75) is 19.8 Å². The Morgan fingerprint density at radius 3 is 2.60 bits per heavy atom. The highest BCUT2D eigenvalue weighted by Gasteiger charge is 2.25. The fraction of sp³-hybridized carbons (Fsp3) is 0.500. The third-order valence-corrected chi connectivity index (χ3v) is 5.37. The molecular formula is C14H20N2O3S. The molecule has 20 heavy (non-hydrogen) atoms. The Kier molecular flexibility index (Phi) is 4.77. The minimum Gasteiger partial charge on any atom is -0.351 e. The lowest BCUT2D eigenvalue weighted by Gasteiger charge is -2.26. The number of hydrogen-bond acceptors (Lipinski definition) is 3. The van der Waals surface area contributed by atoms with Gasteiger partial charge < -0.3 is 5.32 Å². The van der Waals surface area contributed by atoms with Crippen LogP contribution in [0.25, 0.3) is 0 Å². The topological polar surface area (TPSA) is 66.5 Å². The summed E-state index contributed by atoms with van der Waals surface area (Å²) in [7, 11) is -3.11. The first-order valence-corrected chi connectivity index (χ1v) is 8.43. The van der Waals surface area contributed by atoms with Crippen LogP contribution in [0.15, 0.2) is 24.3 Å². The highest BCUT2D eigenvalue weighted by molar-refractivity contribution is 7.89. The molecular weight excluding hydrogens is 276 g/mol. The molecule has 1 aliphatic rings. The SMILES string of the molecule is Cc1ccc(C(=O)NCCN2CCCCS2(=O)=O)cc1. The Balaban J connectivity index is 1.83. The standard InChI is InChI=1S/C14H20N2O3S/c1-12-4-6-13(7-5-12)14(17)15-8-10-16-9-2-3-11-20(16,18)19/h4-7H,2-3,8-11H2,1H3,(H,15,17). The molecule has 1 amide bonds. The number of aryl methyl sites for hydroxylation is 1. The van der Waals surface area contributed by atoms with Crippen molar-refractivity contribution in [3.05, 3.63) is 35.4 Å². The first-order valence-electron chi connectivity index (χ1n) is 6.82. The molecule has 1 fully saturated rings. The van der Waals surface area contributed by atoms with Crippen molar-refractivity contribution in [3.8, 4) is 0 Å². The molecule has 0 bridgehead atoms. The molecule has 1 aliphatic heterocycles. The van der Waals surface area contributed by atoms with Crippen molar-refractivity contribution in [1.29, 1.82) is 0 Å². The summed E-state index contributed by atoms with van der Waals surface area (Å²) in [6, 6.07) is 7.29. The van der Waals surface area contributed by atoms with Crippen LogP contribution in [0.4, 0.5) is 0 Å². The van der Waals surface area contributed by atoms with Crippen LogP contribution in [0.2, 0.25) is 0 Å². The first-order chi connectivity index (χ1) is 9.49. The highest BCUT2D eigenvalue weighted by atomic mass is 32.2. The zero-order valence-electron chi connectivity index (χ0n) is 11.6. The maximum Gasteiger partial charge on any atom is 0.251 e. The van der Waals surface area contributed by atoms with Crippen LogP contribution in [0.1, 0.15) is 28.8 Å². The minimum absolute atomic E-state index is 0.167. The number of carbonyl (C=O) groups is 1. The molecule has 0 radical (unpaired) electrons. The van der Waals surface area contributed by atoms with Gasteiger partial charge in [-0.1, -0.05) is 17.7 Å². The lowest BCUT2D eigenvalue weighted by atomic mass is 10.1. The zero-order chi connectivity index (χ0) is 14.6. The van der Waals surface area contributed by atoms with Crippen molar-refractivity contribution in [2.75, 3.05) is 25.4 Å². The van der Waals surface area contributed by atoms with E-state index < -0.39 is 10.0 Å². The van der Waals surface area contributed by atoms with Crippen LogP contribution in [-0.2, 0) is 10.0 Å². The Labute approximate surface area is 120 Å². The second kappa shape index (κ2) is 6.37. The number of hydrogen-bond donors (Lipinski definition) is 1. The number of rotatable bonds is 4. The number of sulfonamides is 1. The van der Waals surface area contributed by atoms with Crippen molar-refractivity contribution in [1.82, 2.24) is 9.62 Å². The van der Waals surface area contributed by atoms with E-state index in [0.29, 0.717) is 25.2 Å². The molecule has 0 spiro atoms. The van der Waals surface area contributed by atoms with Gasteiger partial charge in [0.2, 0.25) is 10.0 Å². The number of carbonyl (C=O) groups excluding carboxylic acids is 1. The molecule has 1 N–H and O–H groups in total. The molecule has 0 unspecified atom stereocenters. The Morgan fingerprint density at radius 2 is 1.95 bits per heavy atom. The number of benzene rings is 1. The summed E-state index contributed by atoms with van der Waals surface area (Å²) in [4.78, 5) is 11.9. The fourth-order valence-corrected chi connectivity index (χ4v) is 3.80. The highest BCUT2D eigenvalue weighted by Crippen LogP contribution is 2.12. The van der Waals surface area contributed by atoms with E-state index in [0.717, 1.165) is 18.4 Å². The molecule has 0 aliphatic carbocycles. The number of nitrogens with zero attached hydrogens (tertiary/aromatic N) is 1. The van der Waals surface area contributed by atoms with Crippen LogP contribution in [-0.4, -0.2) is 44.0 Å². The monoisotopic (exact) mass is 296 g/mol. The molecule has 1 saturated heterocycles. The van der Waals surface area contributed by atoms with Gasteiger partial charge in [-0.3, -0.25) is 4.79 Å². The number of nitrogens with one attached hydrogen (secondary N) is 1. The molecule has 0 atom stereocenters. The average Bonchev–Trinajstić information content (AvgIpc) is 2.41. The first kappa shape index (κ1) is 15.0. The molecule has 6 heteroatoms. The normalized spacial score (nSPS) is 18.6. The van der Waals surface area contributed by atoms with Gasteiger partial charge >= 0.3 is 0 Å². The van der Waals surface area contributed by atoms with E-state index in [2.05, 4.69) is 5.32 Å². The molecule has 0 saturated carbocycles. The second-order valence-electron chi connectivity index (χ2n) is 5.04. The van der Waals surface area contributed by atoms with Gasteiger partial charge in [-0.05, 0) is 31.9 Å². The summed E-state index contributed by atoms with van der Waals surface area (Å²) in [6.45, 7) is 3.21. The van der Waals surface area contributed by atoms with Gasteiger partial charge in [0.15, 0.2) is 0 Å². The van der Waals surface area contributed by atoms with Crippen molar-refractivity contribution >= 4 is 15.9 Å². The van der Waals surface area contributed by atoms with E-state index in [-0.39, 0.29) is 11.7 Å². The summed E-state index contributed by atoms with van der Waals surface area (Å²) in [6.07, 6.45) is 1.62.